The van der Waals surface area contributed by atoms with Gasteiger partial charge in [0, 0.05) is 30.9 Å². The summed E-state index contributed by atoms with van der Waals surface area (Å²) in [5.41, 5.74) is 0.407. The highest BCUT2D eigenvalue weighted by atomic mass is 19.4. The summed E-state index contributed by atoms with van der Waals surface area (Å²) in [5, 5.41) is 3.41. The highest BCUT2D eigenvalue weighted by Crippen LogP contribution is 2.35. The summed E-state index contributed by atoms with van der Waals surface area (Å²) in [6, 6.07) is 5.16. The second-order valence-corrected chi connectivity index (χ2v) is 6.27. The Bertz CT molecular complexity index is 497. The van der Waals surface area contributed by atoms with Gasteiger partial charge in [0.05, 0.1) is 5.56 Å². The highest BCUT2D eigenvalue weighted by molar-refractivity contribution is 5.53. The lowest BCUT2D eigenvalue weighted by atomic mass is 9.97. The Morgan fingerprint density at radius 2 is 1.95 bits per heavy atom. The molecule has 0 aliphatic carbocycles. The maximum absolute atomic E-state index is 13.1. The number of benzene rings is 1. The number of halogens is 3. The van der Waals surface area contributed by atoms with Gasteiger partial charge in [0.1, 0.15) is 0 Å². The van der Waals surface area contributed by atoms with Crippen molar-refractivity contribution in [2.45, 2.75) is 46.0 Å². The molecule has 0 spiro atoms. The summed E-state index contributed by atoms with van der Waals surface area (Å²) < 4.78 is 39.3. The third-order valence-electron chi connectivity index (χ3n) is 4.17. The number of alkyl halides is 3. The van der Waals surface area contributed by atoms with Crippen molar-refractivity contribution in [1.29, 1.82) is 0 Å². The molecular formula is C16H23F3N2. The van der Waals surface area contributed by atoms with Crippen LogP contribution in [0.5, 0.6) is 0 Å². The van der Waals surface area contributed by atoms with Crippen LogP contribution in [-0.4, -0.2) is 25.2 Å². The first kappa shape index (κ1) is 16.1. The molecule has 1 aromatic rings. The van der Waals surface area contributed by atoms with E-state index in [1.54, 1.807) is 12.1 Å². The van der Waals surface area contributed by atoms with Crippen molar-refractivity contribution in [1.82, 2.24) is 5.32 Å². The molecule has 118 valence electrons. The maximum Gasteiger partial charge on any atom is 0.416 e. The third-order valence-corrected chi connectivity index (χ3v) is 4.17. The summed E-state index contributed by atoms with van der Waals surface area (Å²) >= 11 is 0. The molecule has 1 heterocycles. The van der Waals surface area contributed by atoms with Gasteiger partial charge < -0.3 is 10.2 Å². The number of rotatable bonds is 2. The first-order chi connectivity index (χ1) is 9.70. The van der Waals surface area contributed by atoms with Gasteiger partial charge in [0.2, 0.25) is 0 Å². The van der Waals surface area contributed by atoms with Gasteiger partial charge >= 0.3 is 6.18 Å². The van der Waals surface area contributed by atoms with E-state index >= 15 is 0 Å². The first-order valence-electron chi connectivity index (χ1n) is 7.38. The average molecular weight is 300 g/mol. The molecule has 1 N–H and O–H groups in total. The molecule has 5 heteroatoms. The molecule has 0 bridgehead atoms. The second-order valence-electron chi connectivity index (χ2n) is 6.27. The highest BCUT2D eigenvalue weighted by Gasteiger charge is 2.34. The molecule has 0 radical (unpaired) electrons. The molecule has 2 rings (SSSR count). The van der Waals surface area contributed by atoms with Crippen LogP contribution in [0.3, 0.4) is 0 Å². The van der Waals surface area contributed by atoms with Gasteiger partial charge in [-0.05, 0) is 37.5 Å². The molecule has 0 saturated carbocycles. The Kier molecular flexibility index (Phi) is 4.51. The molecule has 1 aliphatic heterocycles. The summed E-state index contributed by atoms with van der Waals surface area (Å²) in [5.74, 6) is 0.376. The van der Waals surface area contributed by atoms with Crippen molar-refractivity contribution in [2.75, 3.05) is 18.0 Å². The van der Waals surface area contributed by atoms with Crippen LogP contribution < -0.4 is 10.2 Å². The van der Waals surface area contributed by atoms with Gasteiger partial charge in [-0.3, -0.25) is 0 Å². The zero-order chi connectivity index (χ0) is 15.8. The van der Waals surface area contributed by atoms with Gasteiger partial charge in [-0.1, -0.05) is 19.9 Å². The van der Waals surface area contributed by atoms with Crippen LogP contribution in [0.25, 0.3) is 0 Å². The van der Waals surface area contributed by atoms with Gasteiger partial charge in [-0.15, -0.1) is 0 Å². The molecule has 21 heavy (non-hydrogen) atoms. The average Bonchev–Trinajstić information content (AvgIpc) is 2.37. The van der Waals surface area contributed by atoms with E-state index < -0.39 is 11.7 Å². The third kappa shape index (κ3) is 3.51. The van der Waals surface area contributed by atoms with Crippen LogP contribution in [0, 0.1) is 12.8 Å². The van der Waals surface area contributed by atoms with Crippen molar-refractivity contribution < 1.29 is 13.2 Å². The number of piperazine rings is 1. The lowest BCUT2D eigenvalue weighted by Gasteiger charge is -2.43. The van der Waals surface area contributed by atoms with E-state index in [1.165, 1.54) is 13.0 Å². The largest absolute Gasteiger partial charge is 0.416 e. The summed E-state index contributed by atoms with van der Waals surface area (Å²) in [4.78, 5) is 2.11. The number of nitrogens with zero attached hydrogens (tertiary/aromatic N) is 1. The number of aryl methyl sites for hydroxylation is 1. The van der Waals surface area contributed by atoms with Crippen LogP contribution in [0.15, 0.2) is 18.2 Å². The van der Waals surface area contributed by atoms with Crippen LogP contribution in [-0.2, 0) is 6.18 Å². The second kappa shape index (κ2) is 5.87. The minimum atomic E-state index is -4.30. The minimum Gasteiger partial charge on any atom is -0.365 e. The van der Waals surface area contributed by atoms with E-state index in [9.17, 15) is 13.2 Å². The standard InChI is InChI=1S/C16H23F3N2/c1-10(2)15-8-20-12(4)9-21(15)13-6-5-11(3)14(7-13)16(17,18)19/h5-7,10,12,15,20H,8-9H2,1-4H3. The fraction of sp³-hybridized carbons (Fsp3) is 0.625. The van der Waals surface area contributed by atoms with E-state index in [-0.39, 0.29) is 17.6 Å². The summed E-state index contributed by atoms with van der Waals surface area (Å²) in [6.07, 6.45) is -4.30. The van der Waals surface area contributed by atoms with Crippen LogP contribution in [0.1, 0.15) is 31.9 Å². The summed E-state index contributed by atoms with van der Waals surface area (Å²) in [7, 11) is 0. The number of hydrogen-bond donors (Lipinski definition) is 1. The fourth-order valence-corrected chi connectivity index (χ4v) is 2.91. The Labute approximate surface area is 124 Å². The molecule has 1 aliphatic rings. The van der Waals surface area contributed by atoms with E-state index in [0.717, 1.165) is 13.1 Å². The quantitative estimate of drug-likeness (QED) is 0.893. The van der Waals surface area contributed by atoms with Crippen molar-refractivity contribution in [2.24, 2.45) is 5.92 Å². The molecule has 0 aromatic heterocycles. The lowest BCUT2D eigenvalue weighted by Crippen LogP contribution is -2.57. The Morgan fingerprint density at radius 3 is 2.52 bits per heavy atom. The summed E-state index contributed by atoms with van der Waals surface area (Å²) in [6.45, 7) is 9.30. The van der Waals surface area contributed by atoms with Crippen LogP contribution >= 0.6 is 0 Å². The van der Waals surface area contributed by atoms with Crippen molar-refractivity contribution in [3.63, 3.8) is 0 Å². The number of anilines is 1. The zero-order valence-corrected chi connectivity index (χ0v) is 13.0. The molecule has 2 unspecified atom stereocenters. The monoisotopic (exact) mass is 300 g/mol. The van der Waals surface area contributed by atoms with Crippen molar-refractivity contribution in [3.05, 3.63) is 29.3 Å². The van der Waals surface area contributed by atoms with Gasteiger partial charge in [0.15, 0.2) is 0 Å². The molecule has 2 atom stereocenters. The van der Waals surface area contributed by atoms with Gasteiger partial charge in [-0.2, -0.15) is 13.2 Å². The molecule has 2 nitrogen and oxygen atoms in total. The van der Waals surface area contributed by atoms with E-state index in [4.69, 9.17) is 0 Å². The van der Waals surface area contributed by atoms with Crippen molar-refractivity contribution in [3.8, 4) is 0 Å². The normalized spacial score (nSPS) is 23.7. The molecule has 0 amide bonds. The van der Waals surface area contributed by atoms with Crippen LogP contribution in [0.4, 0.5) is 18.9 Å². The van der Waals surface area contributed by atoms with E-state index in [2.05, 4.69) is 31.0 Å². The van der Waals surface area contributed by atoms with Crippen LogP contribution in [0.2, 0.25) is 0 Å². The zero-order valence-electron chi connectivity index (χ0n) is 13.0. The predicted octanol–water partition coefficient (Wildman–Crippen LogP) is 3.84. The smallest absolute Gasteiger partial charge is 0.365 e. The van der Waals surface area contributed by atoms with Gasteiger partial charge in [-0.25, -0.2) is 0 Å². The van der Waals surface area contributed by atoms with E-state index in [0.29, 0.717) is 11.6 Å². The topological polar surface area (TPSA) is 15.3 Å². The molecular weight excluding hydrogens is 277 g/mol. The number of nitrogens with one attached hydrogen (secondary N) is 1. The number of hydrogen-bond acceptors (Lipinski definition) is 2. The Hall–Kier alpha value is -1.23. The van der Waals surface area contributed by atoms with E-state index in [1.807, 2.05) is 0 Å². The Morgan fingerprint density at radius 1 is 1.29 bits per heavy atom. The lowest BCUT2D eigenvalue weighted by molar-refractivity contribution is -0.138. The first-order valence-corrected chi connectivity index (χ1v) is 7.38. The van der Waals surface area contributed by atoms with Gasteiger partial charge in [0.25, 0.3) is 0 Å². The molecule has 1 fully saturated rings. The molecule has 1 aromatic carbocycles. The predicted molar refractivity (Wildman–Crippen MR) is 79.6 cm³/mol. The Balaban J connectivity index is 2.39. The SMILES string of the molecule is Cc1ccc(N2CC(C)NCC2C(C)C)cc1C(F)(F)F. The fourth-order valence-electron chi connectivity index (χ4n) is 2.91. The minimum absolute atomic E-state index is 0.213. The van der Waals surface area contributed by atoms with Crippen molar-refractivity contribution >= 4 is 5.69 Å². The maximum atomic E-state index is 13.1. The molecule has 1 saturated heterocycles.